The summed E-state index contributed by atoms with van der Waals surface area (Å²) in [5, 5.41) is 4.20. The highest BCUT2D eigenvalue weighted by Gasteiger charge is 2.30. The van der Waals surface area contributed by atoms with E-state index in [0.717, 1.165) is 5.69 Å². The number of rotatable bonds is 3. The number of anilines is 1. The van der Waals surface area contributed by atoms with Gasteiger partial charge in [0.1, 0.15) is 0 Å². The first kappa shape index (κ1) is 15.0. The van der Waals surface area contributed by atoms with Gasteiger partial charge in [0.15, 0.2) is 11.6 Å². The minimum absolute atomic E-state index is 0.128. The van der Waals surface area contributed by atoms with Crippen molar-refractivity contribution in [1.29, 1.82) is 0 Å². The van der Waals surface area contributed by atoms with Gasteiger partial charge in [0.25, 0.3) is 0 Å². The molecule has 0 saturated heterocycles. The van der Waals surface area contributed by atoms with E-state index in [9.17, 15) is 9.59 Å². The molecule has 0 heterocycles. The number of benzene rings is 3. The van der Waals surface area contributed by atoms with Gasteiger partial charge in [0.2, 0.25) is 0 Å². The van der Waals surface area contributed by atoms with E-state index in [1.807, 2.05) is 30.3 Å². The molecule has 0 saturated carbocycles. The number of hydrazone groups is 1. The summed E-state index contributed by atoms with van der Waals surface area (Å²) < 4.78 is 0. The van der Waals surface area contributed by atoms with Crippen molar-refractivity contribution in [3.63, 3.8) is 0 Å². The molecule has 0 radical (unpaired) electrons. The lowest BCUT2D eigenvalue weighted by Crippen LogP contribution is -2.22. The third kappa shape index (κ3) is 2.64. The van der Waals surface area contributed by atoms with Crippen molar-refractivity contribution >= 4 is 23.5 Å². The molecule has 0 unspecified atom stereocenters. The Balaban J connectivity index is 1.72. The Hall–Kier alpha value is -3.53. The zero-order chi connectivity index (χ0) is 17.2. The van der Waals surface area contributed by atoms with Crippen molar-refractivity contribution in [3.8, 4) is 0 Å². The first-order valence-corrected chi connectivity index (χ1v) is 7.91. The molecule has 0 aromatic heterocycles. The molecule has 3 aromatic rings. The fraction of sp³-hybridized carbons (Fsp3) is 0. The van der Waals surface area contributed by atoms with Crippen LogP contribution in [0.1, 0.15) is 37.4 Å². The van der Waals surface area contributed by atoms with Crippen LogP contribution in [0.3, 0.4) is 0 Å². The number of hydrogen-bond acceptors (Lipinski definition) is 4. The maximum absolute atomic E-state index is 12.9. The number of carbonyl (C=O) groups is 2. The minimum Gasteiger partial charge on any atom is -0.289 e. The number of nitrogens with one attached hydrogen (secondary N) is 1. The Kier molecular flexibility index (Phi) is 3.71. The highest BCUT2D eigenvalue weighted by atomic mass is 16.1. The van der Waals surface area contributed by atoms with Crippen molar-refractivity contribution in [2.45, 2.75) is 0 Å². The van der Waals surface area contributed by atoms with Crippen LogP contribution in [0, 0.1) is 0 Å². The third-order valence-corrected chi connectivity index (χ3v) is 4.16. The number of carbonyl (C=O) groups excluding carboxylic acids is 2. The van der Waals surface area contributed by atoms with E-state index in [1.54, 1.807) is 48.7 Å². The van der Waals surface area contributed by atoms with Gasteiger partial charge in [-0.2, -0.15) is 5.10 Å². The lowest BCUT2D eigenvalue weighted by Gasteiger charge is -2.18. The Morgan fingerprint density at radius 2 is 1.32 bits per heavy atom. The smallest absolute Gasteiger partial charge is 0.195 e. The SMILES string of the molecule is O=C1c2ccccc2C(=O)c2c(/C=N/Nc3ccccc3)cccc21. The minimum atomic E-state index is -0.146. The number of hydrogen-bond donors (Lipinski definition) is 1. The fourth-order valence-corrected chi connectivity index (χ4v) is 2.97. The van der Waals surface area contributed by atoms with Gasteiger partial charge >= 0.3 is 0 Å². The van der Waals surface area contributed by atoms with Crippen LogP contribution in [0.15, 0.2) is 77.9 Å². The normalized spacial score (nSPS) is 12.8. The Labute approximate surface area is 144 Å². The summed E-state index contributed by atoms with van der Waals surface area (Å²) in [5.41, 5.74) is 6.11. The summed E-state index contributed by atoms with van der Waals surface area (Å²) >= 11 is 0. The Morgan fingerprint density at radius 1 is 0.680 bits per heavy atom. The van der Waals surface area contributed by atoms with E-state index in [2.05, 4.69) is 10.5 Å². The third-order valence-electron chi connectivity index (χ3n) is 4.16. The Bertz CT molecular complexity index is 1010. The molecule has 0 spiro atoms. The van der Waals surface area contributed by atoms with Gasteiger partial charge in [-0.1, -0.05) is 60.7 Å². The molecule has 25 heavy (non-hydrogen) atoms. The summed E-state index contributed by atoms with van der Waals surface area (Å²) in [6.07, 6.45) is 1.57. The molecule has 4 heteroatoms. The summed E-state index contributed by atoms with van der Waals surface area (Å²) in [6, 6.07) is 21.7. The average Bonchev–Trinajstić information content (AvgIpc) is 2.67. The summed E-state index contributed by atoms with van der Waals surface area (Å²) in [5.74, 6) is -0.275. The van der Waals surface area contributed by atoms with Crippen molar-refractivity contribution in [3.05, 3.63) is 101 Å². The first-order chi connectivity index (χ1) is 12.3. The largest absolute Gasteiger partial charge is 0.289 e. The molecular weight excluding hydrogens is 312 g/mol. The van der Waals surface area contributed by atoms with E-state index in [4.69, 9.17) is 0 Å². The number of nitrogens with zero attached hydrogens (tertiary/aromatic N) is 1. The average molecular weight is 326 g/mol. The molecule has 0 amide bonds. The van der Waals surface area contributed by atoms with E-state index < -0.39 is 0 Å². The second kappa shape index (κ2) is 6.17. The molecule has 0 fully saturated rings. The number of para-hydroxylation sites is 1. The predicted molar refractivity (Wildman–Crippen MR) is 97.4 cm³/mol. The monoisotopic (exact) mass is 326 g/mol. The van der Waals surface area contributed by atoms with Crippen LogP contribution >= 0.6 is 0 Å². The maximum Gasteiger partial charge on any atom is 0.195 e. The van der Waals surface area contributed by atoms with Crippen LogP contribution in [-0.4, -0.2) is 17.8 Å². The van der Waals surface area contributed by atoms with Crippen LogP contribution in [0.4, 0.5) is 5.69 Å². The van der Waals surface area contributed by atoms with E-state index in [0.29, 0.717) is 27.8 Å². The van der Waals surface area contributed by atoms with Gasteiger partial charge in [-0.3, -0.25) is 15.0 Å². The quantitative estimate of drug-likeness (QED) is 0.459. The second-order valence-electron chi connectivity index (χ2n) is 5.71. The number of ketones is 2. The van der Waals surface area contributed by atoms with Crippen molar-refractivity contribution in [1.82, 2.24) is 0 Å². The van der Waals surface area contributed by atoms with Gasteiger partial charge in [-0.25, -0.2) is 0 Å². The molecule has 0 aliphatic heterocycles. The summed E-state index contributed by atoms with van der Waals surface area (Å²) in [4.78, 5) is 25.6. The standard InChI is InChI=1S/C21H14N2O2/c24-20-16-10-4-5-11-17(16)21(25)19-14(7-6-12-18(19)20)13-22-23-15-8-2-1-3-9-15/h1-13,23H/b22-13+. The zero-order valence-corrected chi connectivity index (χ0v) is 13.3. The van der Waals surface area contributed by atoms with Crippen LogP contribution < -0.4 is 5.43 Å². The molecule has 1 aliphatic carbocycles. The van der Waals surface area contributed by atoms with E-state index in [1.165, 1.54) is 0 Å². The molecule has 1 aliphatic rings. The number of fused-ring (bicyclic) bond motifs is 2. The lowest BCUT2D eigenvalue weighted by atomic mass is 9.82. The molecule has 0 bridgehead atoms. The van der Waals surface area contributed by atoms with Crippen LogP contribution in [0.2, 0.25) is 0 Å². The van der Waals surface area contributed by atoms with Crippen LogP contribution in [0.25, 0.3) is 0 Å². The highest BCUT2D eigenvalue weighted by Crippen LogP contribution is 2.28. The van der Waals surface area contributed by atoms with Crippen LogP contribution in [-0.2, 0) is 0 Å². The molecule has 0 atom stereocenters. The molecular formula is C21H14N2O2. The topological polar surface area (TPSA) is 58.5 Å². The molecule has 4 nitrogen and oxygen atoms in total. The highest BCUT2D eigenvalue weighted by molar-refractivity contribution is 6.30. The van der Waals surface area contributed by atoms with Gasteiger partial charge in [0, 0.05) is 27.8 Å². The van der Waals surface area contributed by atoms with Gasteiger partial charge in [-0.15, -0.1) is 0 Å². The zero-order valence-electron chi connectivity index (χ0n) is 13.3. The second-order valence-corrected chi connectivity index (χ2v) is 5.71. The van der Waals surface area contributed by atoms with Gasteiger partial charge < -0.3 is 0 Å². The van der Waals surface area contributed by atoms with Crippen molar-refractivity contribution in [2.75, 3.05) is 5.43 Å². The molecule has 4 rings (SSSR count). The Morgan fingerprint density at radius 3 is 2.08 bits per heavy atom. The summed E-state index contributed by atoms with van der Waals surface area (Å²) in [7, 11) is 0. The van der Waals surface area contributed by atoms with Gasteiger partial charge in [-0.05, 0) is 12.1 Å². The maximum atomic E-state index is 12.9. The lowest BCUT2D eigenvalue weighted by molar-refractivity contribution is 0.0979. The first-order valence-electron chi connectivity index (χ1n) is 7.91. The fourth-order valence-electron chi connectivity index (χ4n) is 2.97. The van der Waals surface area contributed by atoms with E-state index >= 15 is 0 Å². The molecule has 1 N–H and O–H groups in total. The van der Waals surface area contributed by atoms with Gasteiger partial charge in [0.05, 0.1) is 11.9 Å². The predicted octanol–water partition coefficient (Wildman–Crippen LogP) is 3.91. The van der Waals surface area contributed by atoms with Crippen molar-refractivity contribution < 1.29 is 9.59 Å². The summed E-state index contributed by atoms with van der Waals surface area (Å²) in [6.45, 7) is 0. The van der Waals surface area contributed by atoms with Crippen LogP contribution in [0.5, 0.6) is 0 Å². The molecule has 120 valence electrons. The van der Waals surface area contributed by atoms with E-state index in [-0.39, 0.29) is 11.6 Å². The van der Waals surface area contributed by atoms with Crippen molar-refractivity contribution in [2.24, 2.45) is 5.10 Å². The molecule has 3 aromatic carbocycles.